The summed E-state index contributed by atoms with van der Waals surface area (Å²) in [7, 11) is 0. The average Bonchev–Trinajstić information content (AvgIpc) is 2.42. The second-order valence-electron chi connectivity index (χ2n) is 7.78. The highest BCUT2D eigenvalue weighted by molar-refractivity contribution is 5.53. The van der Waals surface area contributed by atoms with Crippen molar-refractivity contribution in [3.05, 3.63) is 35.4 Å². The largest absolute Gasteiger partial charge is 0.508 e. The predicted octanol–water partition coefficient (Wildman–Crippen LogP) is 5.35. The second kappa shape index (κ2) is 5.04. The Morgan fingerprint density at radius 3 is 2.73 bits per heavy atom. The molecule has 1 fully saturated rings. The van der Waals surface area contributed by atoms with E-state index in [0.717, 1.165) is 43.4 Å². The van der Waals surface area contributed by atoms with E-state index in [1.54, 1.807) is 0 Å². The van der Waals surface area contributed by atoms with Gasteiger partial charge in [0.05, 0.1) is 0 Å². The number of phenolic OH excluding ortho intramolecular Hbond substituents is 1. The fourth-order valence-electron chi connectivity index (χ4n) is 4.28. The van der Waals surface area contributed by atoms with Crippen LogP contribution in [0.5, 0.6) is 11.5 Å². The maximum Gasteiger partial charge on any atom is 0.127 e. The molecular weight excluding hydrogens is 272 g/mol. The minimum absolute atomic E-state index is 0.0434. The molecule has 2 aliphatic rings. The lowest BCUT2D eigenvalue weighted by atomic mass is 9.57. The van der Waals surface area contributed by atoms with E-state index in [0.29, 0.717) is 11.7 Å². The molecule has 3 atom stereocenters. The molecule has 2 heteroatoms. The van der Waals surface area contributed by atoms with Crippen molar-refractivity contribution >= 4 is 0 Å². The third kappa shape index (κ3) is 2.24. The van der Waals surface area contributed by atoms with Crippen LogP contribution in [0.3, 0.4) is 0 Å². The Kier molecular flexibility index (Phi) is 3.54. The van der Waals surface area contributed by atoms with Gasteiger partial charge in [0, 0.05) is 11.5 Å². The van der Waals surface area contributed by atoms with Gasteiger partial charge >= 0.3 is 0 Å². The lowest BCUT2D eigenvalue weighted by Crippen LogP contribution is -2.48. The SMILES string of the molecule is C=C(C)[C@@]1(C)CC[C@]2(C)C[C@H]1c1c(O)cc(CCC)cc1O2. The van der Waals surface area contributed by atoms with Gasteiger partial charge in [0.1, 0.15) is 17.1 Å². The van der Waals surface area contributed by atoms with E-state index in [4.69, 9.17) is 4.74 Å². The predicted molar refractivity (Wildman–Crippen MR) is 90.6 cm³/mol. The molecule has 1 N–H and O–H groups in total. The van der Waals surface area contributed by atoms with Crippen molar-refractivity contribution in [3.8, 4) is 11.5 Å². The van der Waals surface area contributed by atoms with Gasteiger partial charge in [0.25, 0.3) is 0 Å². The van der Waals surface area contributed by atoms with Crippen molar-refractivity contribution in [2.45, 2.75) is 71.3 Å². The number of hydrogen-bond donors (Lipinski definition) is 1. The van der Waals surface area contributed by atoms with E-state index in [-0.39, 0.29) is 11.0 Å². The van der Waals surface area contributed by atoms with Crippen LogP contribution in [0.4, 0.5) is 0 Å². The van der Waals surface area contributed by atoms with Crippen molar-refractivity contribution in [3.63, 3.8) is 0 Å². The lowest BCUT2D eigenvalue weighted by Gasteiger charge is -2.53. The van der Waals surface area contributed by atoms with Gasteiger partial charge in [-0.2, -0.15) is 0 Å². The summed E-state index contributed by atoms with van der Waals surface area (Å²) in [4.78, 5) is 0. The molecule has 1 saturated carbocycles. The first-order valence-corrected chi connectivity index (χ1v) is 8.50. The molecule has 2 nitrogen and oxygen atoms in total. The Morgan fingerprint density at radius 2 is 2.09 bits per heavy atom. The van der Waals surface area contributed by atoms with Crippen LogP contribution in [0, 0.1) is 5.41 Å². The molecule has 0 unspecified atom stereocenters. The second-order valence-corrected chi connectivity index (χ2v) is 7.78. The Bertz CT molecular complexity index is 618. The van der Waals surface area contributed by atoms with E-state index in [2.05, 4.69) is 40.3 Å². The van der Waals surface area contributed by atoms with Crippen LogP contribution in [0.2, 0.25) is 0 Å². The van der Waals surface area contributed by atoms with Crippen molar-refractivity contribution in [2.24, 2.45) is 5.41 Å². The van der Waals surface area contributed by atoms with E-state index < -0.39 is 0 Å². The molecular formula is C20H28O2. The summed E-state index contributed by atoms with van der Waals surface area (Å²) in [5, 5.41) is 10.7. The third-order valence-corrected chi connectivity index (χ3v) is 5.98. The summed E-state index contributed by atoms with van der Waals surface area (Å²) in [6.45, 7) is 13.0. The number of ether oxygens (including phenoxy) is 1. The molecule has 1 heterocycles. The van der Waals surface area contributed by atoms with Gasteiger partial charge in [-0.3, -0.25) is 0 Å². The first kappa shape index (κ1) is 15.5. The van der Waals surface area contributed by atoms with Gasteiger partial charge in [0.15, 0.2) is 0 Å². The number of rotatable bonds is 3. The fraction of sp³-hybridized carbons (Fsp3) is 0.600. The van der Waals surface area contributed by atoms with E-state index in [9.17, 15) is 5.11 Å². The van der Waals surface area contributed by atoms with Crippen LogP contribution >= 0.6 is 0 Å². The molecule has 0 spiro atoms. The maximum absolute atomic E-state index is 10.7. The number of phenols is 1. The van der Waals surface area contributed by atoms with Gasteiger partial charge in [-0.25, -0.2) is 0 Å². The minimum atomic E-state index is -0.107. The molecule has 0 saturated heterocycles. The third-order valence-electron chi connectivity index (χ3n) is 5.98. The van der Waals surface area contributed by atoms with Gasteiger partial charge in [-0.15, -0.1) is 0 Å². The zero-order valence-corrected chi connectivity index (χ0v) is 14.3. The summed E-state index contributed by atoms with van der Waals surface area (Å²) in [5.74, 6) is 1.60. The van der Waals surface area contributed by atoms with Crippen LogP contribution in [0.1, 0.15) is 70.4 Å². The van der Waals surface area contributed by atoms with Crippen LogP contribution < -0.4 is 4.74 Å². The van der Waals surface area contributed by atoms with E-state index >= 15 is 0 Å². The number of aromatic hydroxyl groups is 1. The highest BCUT2D eigenvalue weighted by atomic mass is 16.5. The van der Waals surface area contributed by atoms with E-state index in [1.807, 2.05) is 6.07 Å². The molecule has 1 aromatic carbocycles. The molecule has 2 bridgehead atoms. The molecule has 1 aliphatic carbocycles. The molecule has 22 heavy (non-hydrogen) atoms. The van der Waals surface area contributed by atoms with Crippen molar-refractivity contribution in [1.29, 1.82) is 0 Å². The summed E-state index contributed by atoms with van der Waals surface area (Å²) in [6.07, 6.45) is 5.12. The Labute approximate surface area is 134 Å². The van der Waals surface area contributed by atoms with Gasteiger partial charge in [-0.05, 0) is 62.6 Å². The van der Waals surface area contributed by atoms with Crippen LogP contribution in [0.15, 0.2) is 24.3 Å². The van der Waals surface area contributed by atoms with E-state index in [1.165, 1.54) is 11.1 Å². The molecule has 1 aliphatic heterocycles. The summed E-state index contributed by atoms with van der Waals surface area (Å²) < 4.78 is 6.34. The normalized spacial score (nSPS) is 33.0. The number of fused-ring (bicyclic) bond motifs is 4. The zero-order valence-electron chi connectivity index (χ0n) is 14.3. The summed E-state index contributed by atoms with van der Waals surface area (Å²) in [6, 6.07) is 4.08. The van der Waals surface area contributed by atoms with Crippen LogP contribution in [-0.2, 0) is 6.42 Å². The topological polar surface area (TPSA) is 29.5 Å². The fourth-order valence-corrected chi connectivity index (χ4v) is 4.28. The molecule has 0 aromatic heterocycles. The van der Waals surface area contributed by atoms with Gasteiger partial charge in [-0.1, -0.05) is 32.4 Å². The van der Waals surface area contributed by atoms with Gasteiger partial charge < -0.3 is 9.84 Å². The number of hydrogen-bond acceptors (Lipinski definition) is 2. The quantitative estimate of drug-likeness (QED) is 0.763. The molecule has 0 radical (unpaired) electrons. The Hall–Kier alpha value is -1.44. The first-order valence-electron chi connectivity index (χ1n) is 8.50. The summed E-state index contributed by atoms with van der Waals surface area (Å²) >= 11 is 0. The molecule has 3 rings (SSSR count). The monoisotopic (exact) mass is 300 g/mol. The standard InChI is InChI=1S/C20H28O2/c1-6-7-14-10-16(21)18-15-12-19(4,22-17(18)11-14)8-9-20(15,5)13(2)3/h10-11,15,21H,2,6-9,12H2,1,3-5H3/t15-,19+,20+/m0/s1. The maximum atomic E-state index is 10.7. The van der Waals surface area contributed by atoms with Gasteiger partial charge in [0.2, 0.25) is 0 Å². The lowest BCUT2D eigenvalue weighted by molar-refractivity contribution is -0.0182. The number of allylic oxidation sites excluding steroid dienone is 1. The highest BCUT2D eigenvalue weighted by Crippen LogP contribution is 2.61. The summed E-state index contributed by atoms with van der Waals surface area (Å²) in [5.41, 5.74) is 3.32. The van der Waals surface area contributed by atoms with Crippen LogP contribution in [0.25, 0.3) is 0 Å². The van der Waals surface area contributed by atoms with Crippen molar-refractivity contribution < 1.29 is 9.84 Å². The first-order chi connectivity index (χ1) is 10.3. The highest BCUT2D eigenvalue weighted by Gasteiger charge is 2.51. The molecule has 1 aromatic rings. The van der Waals surface area contributed by atoms with Crippen molar-refractivity contribution in [1.82, 2.24) is 0 Å². The average molecular weight is 300 g/mol. The minimum Gasteiger partial charge on any atom is -0.508 e. The number of benzene rings is 1. The Balaban J connectivity index is 2.14. The smallest absolute Gasteiger partial charge is 0.127 e. The Morgan fingerprint density at radius 1 is 1.36 bits per heavy atom. The van der Waals surface area contributed by atoms with Crippen molar-refractivity contribution in [2.75, 3.05) is 0 Å². The van der Waals surface area contributed by atoms with Crippen LogP contribution in [-0.4, -0.2) is 10.7 Å². The zero-order chi connectivity index (χ0) is 16.1. The molecule has 120 valence electrons. The number of aryl methyl sites for hydroxylation is 1. The molecule has 0 amide bonds.